The Kier molecular flexibility index (Phi) is 15.7. The number of carbonyl (C=O) groups is 4. The van der Waals surface area contributed by atoms with Gasteiger partial charge in [-0.3, -0.25) is 23.7 Å². The van der Waals surface area contributed by atoms with Crippen molar-refractivity contribution < 1.29 is 80.0 Å². The highest BCUT2D eigenvalue weighted by molar-refractivity contribution is 7.48. The zero-order valence-electron chi connectivity index (χ0n) is 29.8. The monoisotopic (exact) mass is 793 g/mol. The molecular weight excluding hydrogens is 752 g/mol. The lowest BCUT2D eigenvalue weighted by atomic mass is 9.88. The summed E-state index contributed by atoms with van der Waals surface area (Å²) in [6, 6.07) is 9.43. The third kappa shape index (κ3) is 12.6. The van der Waals surface area contributed by atoms with E-state index in [9.17, 15) is 38.4 Å². The van der Waals surface area contributed by atoms with E-state index in [1.807, 2.05) is 4.98 Å². The molecule has 1 aromatic heterocycles. The number of aromatic nitrogens is 2. The van der Waals surface area contributed by atoms with E-state index < -0.39 is 113 Å². The molecule has 21 nitrogen and oxygen atoms in total. The molecule has 1 aliphatic heterocycles. The summed E-state index contributed by atoms with van der Waals surface area (Å²) in [7, 11) is -5.10. The molecule has 0 spiro atoms. The van der Waals surface area contributed by atoms with Crippen LogP contribution in [-0.2, 0) is 62.7 Å². The van der Waals surface area contributed by atoms with E-state index in [2.05, 4.69) is 14.8 Å². The fourth-order valence-electron chi connectivity index (χ4n) is 4.62. The Balaban J connectivity index is 1.86. The van der Waals surface area contributed by atoms with Crippen molar-refractivity contribution in [1.82, 2.24) is 14.9 Å². The van der Waals surface area contributed by atoms with Crippen LogP contribution in [-0.4, -0.2) is 102 Å². The molecule has 0 radical (unpaired) electrons. The number of ether oxygens (including phenoxy) is 7. The Labute approximate surface area is 306 Å². The lowest BCUT2D eigenvalue weighted by molar-refractivity contribution is -0.174. The van der Waals surface area contributed by atoms with E-state index in [0.717, 1.165) is 19.2 Å². The van der Waals surface area contributed by atoms with Crippen LogP contribution in [0.1, 0.15) is 46.4 Å². The van der Waals surface area contributed by atoms with Gasteiger partial charge in [-0.25, -0.2) is 37.2 Å². The van der Waals surface area contributed by atoms with Crippen LogP contribution in [0.3, 0.4) is 0 Å². The van der Waals surface area contributed by atoms with Crippen molar-refractivity contribution in [1.29, 1.82) is 0 Å². The maximum Gasteiger partial charge on any atom is 0.510 e. The molecule has 23 heteroatoms. The van der Waals surface area contributed by atoms with Gasteiger partial charge in [0, 0.05) is 12.3 Å². The molecule has 2 aromatic rings. The number of rotatable bonds is 18. The van der Waals surface area contributed by atoms with Crippen LogP contribution in [0.5, 0.6) is 0 Å². The van der Waals surface area contributed by atoms with Crippen molar-refractivity contribution in [2.75, 3.05) is 33.4 Å². The zero-order valence-corrected chi connectivity index (χ0v) is 30.6. The molecule has 1 aliphatic rings. The lowest BCUT2D eigenvalue weighted by Crippen LogP contribution is -2.56. The summed E-state index contributed by atoms with van der Waals surface area (Å²) in [4.78, 5) is 75.3. The Hall–Kier alpha value is -4.86. The fraction of sp³-hybridized carbons (Fsp3) is 0.548. The quantitative estimate of drug-likeness (QED) is 0.0847. The second-order valence-corrected chi connectivity index (χ2v) is 13.7. The molecule has 54 heavy (non-hydrogen) atoms. The smallest absolute Gasteiger partial charge is 0.454 e. The number of aliphatic hydroxyl groups is 1. The molecule has 4 unspecified atom stereocenters. The zero-order chi connectivity index (χ0) is 40.1. The first-order valence-corrected chi connectivity index (χ1v) is 17.5. The molecular formula is C31H41FN3O18P. The van der Waals surface area contributed by atoms with E-state index in [1.165, 1.54) is 27.7 Å². The summed E-state index contributed by atoms with van der Waals surface area (Å²) in [5.74, 6) is -1.28. The summed E-state index contributed by atoms with van der Waals surface area (Å²) in [6.07, 6.45) is -7.97. The summed E-state index contributed by atoms with van der Waals surface area (Å²) in [5, 5.41) is 13.8. The molecule has 0 saturated carbocycles. The van der Waals surface area contributed by atoms with Crippen molar-refractivity contribution in [3.63, 3.8) is 0 Å². The molecule has 1 saturated heterocycles. The van der Waals surface area contributed by atoms with Gasteiger partial charge in [0.2, 0.25) is 13.6 Å². The Morgan fingerprint density at radius 2 is 1.56 bits per heavy atom. The first kappa shape index (κ1) is 43.5. The van der Waals surface area contributed by atoms with E-state index in [1.54, 1.807) is 30.3 Å². The number of hydrogen-bond donors (Lipinski definition) is 3. The minimum Gasteiger partial charge on any atom is -0.454 e. The normalized spacial score (nSPS) is 21.0. The number of amides is 1. The van der Waals surface area contributed by atoms with Crippen LogP contribution < -0.4 is 16.6 Å². The average molecular weight is 794 g/mol. The number of benzene rings is 1. The number of phosphoric acid groups is 1. The fourth-order valence-corrected chi connectivity index (χ4v) is 5.58. The first-order valence-electron chi connectivity index (χ1n) is 16.0. The van der Waals surface area contributed by atoms with E-state index in [-0.39, 0.29) is 6.61 Å². The number of alkyl carbamates (subject to hydrolysis) is 1. The van der Waals surface area contributed by atoms with Gasteiger partial charge in [-0.2, -0.15) is 0 Å². The number of carbonyl (C=O) groups excluding carboxylic acids is 4. The van der Waals surface area contributed by atoms with Gasteiger partial charge in [0.1, 0.15) is 25.4 Å². The Morgan fingerprint density at radius 3 is 2.09 bits per heavy atom. The third-order valence-corrected chi connectivity index (χ3v) is 8.22. The number of nitrogens with zero attached hydrogens (tertiary/aromatic N) is 1. The van der Waals surface area contributed by atoms with Crippen LogP contribution in [0.4, 0.5) is 18.8 Å². The van der Waals surface area contributed by atoms with Crippen molar-refractivity contribution in [2.45, 2.75) is 77.0 Å². The van der Waals surface area contributed by atoms with Gasteiger partial charge >= 0.3 is 37.9 Å². The number of alkyl halides is 1. The summed E-state index contributed by atoms with van der Waals surface area (Å²) in [5.41, 5.74) is -6.54. The molecule has 300 valence electrons. The summed E-state index contributed by atoms with van der Waals surface area (Å²) < 4.78 is 79.9. The highest BCUT2D eigenvalue weighted by Crippen LogP contribution is 2.53. The average Bonchev–Trinajstić information content (AvgIpc) is 3.31. The molecule has 3 rings (SSSR count). The molecule has 1 fully saturated rings. The Morgan fingerprint density at radius 1 is 0.963 bits per heavy atom. The van der Waals surface area contributed by atoms with E-state index >= 15 is 4.39 Å². The molecule has 1 aromatic carbocycles. The highest BCUT2D eigenvalue weighted by atomic mass is 31.2. The maximum atomic E-state index is 15.3. The maximum absolute atomic E-state index is 15.3. The van der Waals surface area contributed by atoms with Crippen molar-refractivity contribution in [2.24, 2.45) is 0 Å². The summed E-state index contributed by atoms with van der Waals surface area (Å²) >= 11 is 0. The molecule has 2 heterocycles. The SMILES string of the molecule is CC(C)OC(=O)OCOP(=O)(OCOC(=O)OC(C)C)OCC1(CF)OC(n2ccc(=O)[nH]c2=O)C(C)(O)C1OC(=O)CNC(=O)OCc1ccccc1. The van der Waals surface area contributed by atoms with Crippen molar-refractivity contribution >= 4 is 32.2 Å². The molecule has 3 N–H and O–H groups in total. The van der Waals surface area contributed by atoms with Crippen LogP contribution in [0.2, 0.25) is 0 Å². The van der Waals surface area contributed by atoms with Crippen LogP contribution in [0.15, 0.2) is 52.2 Å². The predicted molar refractivity (Wildman–Crippen MR) is 176 cm³/mol. The molecule has 0 bridgehead atoms. The highest BCUT2D eigenvalue weighted by Gasteiger charge is 2.65. The minimum absolute atomic E-state index is 0.150. The lowest BCUT2D eigenvalue weighted by Gasteiger charge is -2.34. The van der Waals surface area contributed by atoms with Gasteiger partial charge in [0.05, 0.1) is 18.8 Å². The number of aromatic amines is 1. The number of phosphoric ester groups is 1. The number of hydrogen-bond acceptors (Lipinski definition) is 18. The van der Waals surface area contributed by atoms with Gasteiger partial charge in [0.25, 0.3) is 5.56 Å². The Bertz CT molecular complexity index is 1720. The van der Waals surface area contributed by atoms with E-state index in [4.69, 9.17) is 37.3 Å². The largest absolute Gasteiger partial charge is 0.510 e. The van der Waals surface area contributed by atoms with Crippen LogP contribution in [0.25, 0.3) is 0 Å². The van der Waals surface area contributed by atoms with Gasteiger partial charge in [-0.1, -0.05) is 30.3 Å². The molecule has 0 aliphatic carbocycles. The first-order chi connectivity index (χ1) is 25.4. The van der Waals surface area contributed by atoms with E-state index in [0.29, 0.717) is 10.1 Å². The number of H-pyrrole nitrogens is 1. The molecule has 4 atom stereocenters. The standard InChI is InChI=1S/C31H41FN3O18P/c1-19(2)50-28(40)45-17-48-54(43,49-18-46-29(41)51-20(3)4)47-16-31(15-32)24(30(5,42)25(53-31)35-12-11-22(36)34-26(35)38)52-23(37)13-33-27(39)44-14-21-9-7-6-8-10-21/h6-12,19-20,24-25,42H,13-18H2,1-5H3,(H,33,39)(H,34,36,38). The van der Waals surface area contributed by atoms with Crippen LogP contribution >= 0.6 is 7.82 Å². The second kappa shape index (κ2) is 19.5. The third-order valence-electron chi connectivity index (χ3n) is 6.93. The molecule has 1 amide bonds. The topological polar surface area (TPSA) is 265 Å². The van der Waals surface area contributed by atoms with Gasteiger partial charge in [-0.05, 0) is 40.2 Å². The van der Waals surface area contributed by atoms with Gasteiger partial charge in [0.15, 0.2) is 17.9 Å². The summed E-state index contributed by atoms with van der Waals surface area (Å²) in [6.45, 7) is 0.696. The number of halogens is 1. The minimum atomic E-state index is -5.10. The van der Waals surface area contributed by atoms with Gasteiger partial charge < -0.3 is 43.6 Å². The van der Waals surface area contributed by atoms with Crippen molar-refractivity contribution in [3.05, 3.63) is 69.0 Å². The van der Waals surface area contributed by atoms with Gasteiger partial charge in [-0.15, -0.1) is 0 Å². The van der Waals surface area contributed by atoms with Crippen LogP contribution in [0, 0.1) is 0 Å². The van der Waals surface area contributed by atoms with Crippen molar-refractivity contribution in [3.8, 4) is 0 Å². The number of nitrogens with one attached hydrogen (secondary N) is 2. The predicted octanol–water partition coefficient (Wildman–Crippen LogP) is 2.56. The second-order valence-electron chi connectivity index (χ2n) is 12.0. The number of esters is 1.